The molecule has 56 valence electrons. The maximum atomic E-state index is 4.14. The van der Waals surface area contributed by atoms with Gasteiger partial charge in [-0.25, -0.2) is 0 Å². The van der Waals surface area contributed by atoms with Crippen LogP contribution in [0.25, 0.3) is 0 Å². The molecular weight excluding hydrogens is 134 g/mol. The molecule has 0 bridgehead atoms. The van der Waals surface area contributed by atoms with E-state index in [2.05, 4.69) is 11.6 Å². The minimum Gasteiger partial charge on any atom is -0.288 e. The summed E-state index contributed by atoms with van der Waals surface area (Å²) >= 11 is 0. The molecule has 1 heterocycles. The van der Waals surface area contributed by atoms with Crippen LogP contribution in [0.2, 0.25) is 0 Å². The Morgan fingerprint density at radius 1 is 1.55 bits per heavy atom. The lowest BCUT2D eigenvalue weighted by atomic mass is 10.2. The molecule has 0 atom stereocenters. The second kappa shape index (κ2) is 4.45. The van der Waals surface area contributed by atoms with E-state index in [0.29, 0.717) is 0 Å². The molecule has 0 unspecified atom stereocenters. The maximum Gasteiger partial charge on any atom is 0.0573 e. The van der Waals surface area contributed by atoms with Gasteiger partial charge in [0, 0.05) is 6.21 Å². The highest BCUT2D eigenvalue weighted by molar-refractivity contribution is 5.83. The summed E-state index contributed by atoms with van der Waals surface area (Å²) in [7, 11) is 0. The Morgan fingerprint density at radius 3 is 3.27 bits per heavy atom. The fraction of sp³-hybridized carbons (Fsp3) is 0.100. The first-order valence-corrected chi connectivity index (χ1v) is 3.59. The van der Waals surface area contributed by atoms with E-state index in [-0.39, 0.29) is 0 Å². The zero-order valence-corrected chi connectivity index (χ0v) is 6.40. The number of aliphatic imine (C=N–C) groups is 1. The third-order valence-corrected chi connectivity index (χ3v) is 1.30. The van der Waals surface area contributed by atoms with Crippen LogP contribution in [0.1, 0.15) is 0 Å². The van der Waals surface area contributed by atoms with Crippen LogP contribution in [0.4, 0.5) is 0 Å². The summed E-state index contributed by atoms with van der Waals surface area (Å²) in [4.78, 5) is 4.14. The number of allylic oxidation sites excluding steroid dienone is 6. The lowest BCUT2D eigenvalue weighted by Crippen LogP contribution is -1.77. The fourth-order valence-electron chi connectivity index (χ4n) is 0.780. The van der Waals surface area contributed by atoms with Crippen molar-refractivity contribution >= 4 is 6.21 Å². The number of hydrogen-bond acceptors (Lipinski definition) is 1. The van der Waals surface area contributed by atoms with Crippen molar-refractivity contribution in [3.8, 4) is 0 Å². The Labute approximate surface area is 67.2 Å². The maximum absolute atomic E-state index is 4.14. The Kier molecular flexibility index (Phi) is 3.13. The van der Waals surface area contributed by atoms with Crippen molar-refractivity contribution in [1.29, 1.82) is 0 Å². The smallest absolute Gasteiger partial charge is 0.0573 e. The topological polar surface area (TPSA) is 12.4 Å². The average Bonchev–Trinajstić information content (AvgIpc) is 2.28. The van der Waals surface area contributed by atoms with Crippen LogP contribution in [-0.2, 0) is 0 Å². The van der Waals surface area contributed by atoms with E-state index in [0.717, 1.165) is 12.1 Å². The van der Waals surface area contributed by atoms with Crippen LogP contribution >= 0.6 is 0 Å². The van der Waals surface area contributed by atoms with Crippen molar-refractivity contribution in [2.75, 3.05) is 6.54 Å². The van der Waals surface area contributed by atoms with Gasteiger partial charge in [0.1, 0.15) is 0 Å². The molecule has 0 N–H and O–H groups in total. The van der Waals surface area contributed by atoms with Gasteiger partial charge in [-0.1, -0.05) is 43.0 Å². The van der Waals surface area contributed by atoms with Crippen LogP contribution in [0.15, 0.2) is 53.6 Å². The monoisotopic (exact) mass is 145 g/mol. The molecule has 0 aromatic heterocycles. The molecule has 0 aromatic carbocycles. The molecule has 11 heavy (non-hydrogen) atoms. The molecule has 0 fully saturated rings. The largest absolute Gasteiger partial charge is 0.288 e. The summed E-state index contributed by atoms with van der Waals surface area (Å²) in [6.07, 6.45) is 13.5. The van der Waals surface area contributed by atoms with Crippen molar-refractivity contribution in [3.05, 3.63) is 48.6 Å². The standard InChI is InChI=1S/C10H11N/c1-2-3-6-10-7-4-5-8-11-9-10/h2-7,9H,1,8H2/b6-3-. The van der Waals surface area contributed by atoms with Gasteiger partial charge in [-0.05, 0) is 5.57 Å². The summed E-state index contributed by atoms with van der Waals surface area (Å²) in [6.45, 7) is 4.37. The zero-order chi connectivity index (χ0) is 7.94. The number of rotatable bonds is 2. The van der Waals surface area contributed by atoms with Crippen LogP contribution in [-0.4, -0.2) is 12.8 Å². The minimum atomic E-state index is 0.780. The van der Waals surface area contributed by atoms with E-state index < -0.39 is 0 Å². The predicted octanol–water partition coefficient (Wildman–Crippen LogP) is 2.30. The minimum absolute atomic E-state index is 0.780. The van der Waals surface area contributed by atoms with Gasteiger partial charge < -0.3 is 0 Å². The van der Waals surface area contributed by atoms with Gasteiger partial charge in [-0.15, -0.1) is 0 Å². The van der Waals surface area contributed by atoms with Crippen molar-refractivity contribution in [2.24, 2.45) is 4.99 Å². The fourth-order valence-corrected chi connectivity index (χ4v) is 0.780. The molecular formula is C10H11N. The zero-order valence-electron chi connectivity index (χ0n) is 6.40. The molecule has 1 rings (SSSR count). The molecule has 0 saturated carbocycles. The van der Waals surface area contributed by atoms with Gasteiger partial charge in [0.15, 0.2) is 0 Å². The van der Waals surface area contributed by atoms with Gasteiger partial charge in [-0.2, -0.15) is 0 Å². The third-order valence-electron chi connectivity index (χ3n) is 1.30. The van der Waals surface area contributed by atoms with Crippen LogP contribution < -0.4 is 0 Å². The van der Waals surface area contributed by atoms with E-state index in [4.69, 9.17) is 0 Å². The molecule has 1 aliphatic heterocycles. The van der Waals surface area contributed by atoms with Crippen molar-refractivity contribution in [1.82, 2.24) is 0 Å². The number of nitrogens with zero attached hydrogens (tertiary/aromatic N) is 1. The molecule has 0 amide bonds. The second-order valence-corrected chi connectivity index (χ2v) is 2.18. The Hall–Kier alpha value is -1.37. The van der Waals surface area contributed by atoms with Crippen molar-refractivity contribution in [2.45, 2.75) is 0 Å². The highest BCUT2D eigenvalue weighted by Gasteiger charge is 1.85. The summed E-state index contributed by atoms with van der Waals surface area (Å²) in [5.74, 6) is 0. The van der Waals surface area contributed by atoms with E-state index in [1.165, 1.54) is 0 Å². The molecule has 0 aliphatic carbocycles. The van der Waals surface area contributed by atoms with Crippen LogP contribution in [0, 0.1) is 0 Å². The SMILES string of the molecule is C=C/C=C\C1=CC=CCN=C1. The van der Waals surface area contributed by atoms with Crippen LogP contribution in [0.5, 0.6) is 0 Å². The highest BCUT2D eigenvalue weighted by Crippen LogP contribution is 1.97. The second-order valence-electron chi connectivity index (χ2n) is 2.18. The van der Waals surface area contributed by atoms with Gasteiger partial charge in [-0.3, -0.25) is 4.99 Å². The lowest BCUT2D eigenvalue weighted by molar-refractivity contribution is 1.26. The van der Waals surface area contributed by atoms with Gasteiger partial charge in [0.25, 0.3) is 0 Å². The molecule has 1 aliphatic rings. The van der Waals surface area contributed by atoms with Crippen LogP contribution in [0.3, 0.4) is 0 Å². The molecule has 0 aromatic rings. The normalized spacial score (nSPS) is 16.5. The Bertz CT molecular complexity index is 242. The summed E-state index contributed by atoms with van der Waals surface area (Å²) in [5.41, 5.74) is 1.11. The third kappa shape index (κ3) is 2.80. The summed E-state index contributed by atoms with van der Waals surface area (Å²) in [6, 6.07) is 0. The van der Waals surface area contributed by atoms with Gasteiger partial charge >= 0.3 is 0 Å². The molecule has 0 radical (unpaired) electrons. The van der Waals surface area contributed by atoms with Gasteiger partial charge in [0.05, 0.1) is 6.54 Å². The first-order chi connectivity index (χ1) is 5.43. The Morgan fingerprint density at radius 2 is 2.45 bits per heavy atom. The lowest BCUT2D eigenvalue weighted by Gasteiger charge is -1.86. The molecule has 0 spiro atoms. The Balaban J connectivity index is 2.69. The quantitative estimate of drug-likeness (QED) is 0.529. The highest BCUT2D eigenvalue weighted by atomic mass is 14.7. The van der Waals surface area contributed by atoms with Crippen molar-refractivity contribution in [3.63, 3.8) is 0 Å². The molecule has 0 saturated heterocycles. The summed E-state index contributed by atoms with van der Waals surface area (Å²) < 4.78 is 0. The summed E-state index contributed by atoms with van der Waals surface area (Å²) in [5, 5.41) is 0. The molecule has 1 heteroatoms. The van der Waals surface area contributed by atoms with Gasteiger partial charge in [0.2, 0.25) is 0 Å². The molecule has 1 nitrogen and oxygen atoms in total. The van der Waals surface area contributed by atoms with E-state index in [1.807, 2.05) is 36.6 Å². The first-order valence-electron chi connectivity index (χ1n) is 3.59. The number of hydrogen-bond donors (Lipinski definition) is 0. The van der Waals surface area contributed by atoms with Crippen molar-refractivity contribution < 1.29 is 0 Å². The van der Waals surface area contributed by atoms with E-state index in [1.54, 1.807) is 6.08 Å². The average molecular weight is 145 g/mol. The first kappa shape index (κ1) is 7.73. The van der Waals surface area contributed by atoms with E-state index >= 15 is 0 Å². The van der Waals surface area contributed by atoms with E-state index in [9.17, 15) is 0 Å². The predicted molar refractivity (Wildman–Crippen MR) is 49.9 cm³/mol.